The minimum atomic E-state index is -0.237. The van der Waals surface area contributed by atoms with Crippen LogP contribution < -0.4 is 5.32 Å². The molecule has 1 rings (SSSR count). The van der Waals surface area contributed by atoms with Gasteiger partial charge in [-0.15, -0.1) is 11.6 Å². The maximum atomic E-state index is 12.4. The number of halogens is 2. The highest BCUT2D eigenvalue weighted by Crippen LogP contribution is 2.01. The molecule has 0 aliphatic heterocycles. The number of rotatable bonds is 3. The summed E-state index contributed by atoms with van der Waals surface area (Å²) >= 11 is 4.82. The number of hydrogen-bond donors (Lipinski definition) is 1. The van der Waals surface area contributed by atoms with Crippen LogP contribution in [0.15, 0.2) is 24.3 Å². The second kappa shape index (κ2) is 9.92. The van der Waals surface area contributed by atoms with Crippen LogP contribution in [0.1, 0.15) is 5.56 Å². The summed E-state index contributed by atoms with van der Waals surface area (Å²) < 4.78 is 12.4. The Morgan fingerprint density at radius 3 is 2.19 bits per heavy atom. The summed E-state index contributed by atoms with van der Waals surface area (Å²) in [7, 11) is 0. The molecular weight excluding hydrogens is 229 g/mol. The molecule has 3 nitrogen and oxygen atoms in total. The van der Waals surface area contributed by atoms with Crippen LogP contribution in [-0.2, 0) is 6.54 Å². The minimum absolute atomic E-state index is 0.0972. The Hall–Kier alpha value is -1.62. The predicted octanol–water partition coefficient (Wildman–Crippen LogP) is 2.19. The van der Waals surface area contributed by atoms with E-state index in [2.05, 4.69) is 5.32 Å². The van der Waals surface area contributed by atoms with E-state index in [0.717, 1.165) is 5.56 Å². The first-order chi connectivity index (χ1) is 7.74. The van der Waals surface area contributed by atoms with Crippen molar-refractivity contribution in [2.75, 3.05) is 12.4 Å². The van der Waals surface area contributed by atoms with Gasteiger partial charge < -0.3 is 5.32 Å². The SMILES string of the molecule is N#CCCl.N#CCNCc1ccc(F)cc1. The van der Waals surface area contributed by atoms with E-state index in [-0.39, 0.29) is 11.7 Å². The van der Waals surface area contributed by atoms with Gasteiger partial charge in [0.05, 0.1) is 18.7 Å². The Morgan fingerprint density at radius 1 is 1.19 bits per heavy atom. The quantitative estimate of drug-likeness (QED) is 0.500. The lowest BCUT2D eigenvalue weighted by Gasteiger charge is -1.99. The average molecular weight is 240 g/mol. The van der Waals surface area contributed by atoms with Gasteiger partial charge in [0.2, 0.25) is 0 Å². The smallest absolute Gasteiger partial charge is 0.123 e. The molecule has 0 amide bonds. The van der Waals surface area contributed by atoms with Gasteiger partial charge in [-0.05, 0) is 17.7 Å². The van der Waals surface area contributed by atoms with Crippen molar-refractivity contribution in [3.63, 3.8) is 0 Å². The van der Waals surface area contributed by atoms with Crippen molar-refractivity contribution in [3.05, 3.63) is 35.6 Å². The first-order valence-electron chi connectivity index (χ1n) is 4.49. The Balaban J connectivity index is 0.000000487. The van der Waals surface area contributed by atoms with Crippen molar-refractivity contribution >= 4 is 11.6 Å². The lowest BCUT2D eigenvalue weighted by atomic mass is 10.2. The third-order valence-electron chi connectivity index (χ3n) is 1.51. The fraction of sp³-hybridized carbons (Fsp3) is 0.273. The van der Waals surface area contributed by atoms with Gasteiger partial charge in [0.1, 0.15) is 11.7 Å². The highest BCUT2D eigenvalue weighted by Gasteiger charge is 1.91. The third kappa shape index (κ3) is 7.75. The summed E-state index contributed by atoms with van der Waals surface area (Å²) in [6, 6.07) is 9.86. The van der Waals surface area contributed by atoms with Gasteiger partial charge >= 0.3 is 0 Å². The van der Waals surface area contributed by atoms with Crippen molar-refractivity contribution in [1.82, 2.24) is 5.32 Å². The summed E-state index contributed by atoms with van der Waals surface area (Å²) in [5.41, 5.74) is 0.978. The molecule has 0 spiro atoms. The standard InChI is InChI=1S/C9H9FN2.C2H2ClN/c10-9-3-1-8(2-4-9)7-12-6-5-11;3-1-2-4/h1-4,12H,6-7H2;1H2. The van der Waals surface area contributed by atoms with Crippen LogP contribution in [0.3, 0.4) is 0 Å². The van der Waals surface area contributed by atoms with Gasteiger partial charge in [0.15, 0.2) is 0 Å². The normalized spacial score (nSPS) is 8.25. The molecule has 0 fully saturated rings. The Bertz CT molecular complexity index is 364. The number of benzene rings is 1. The van der Waals surface area contributed by atoms with Crippen molar-refractivity contribution in [2.45, 2.75) is 6.54 Å². The molecule has 0 saturated carbocycles. The zero-order valence-electron chi connectivity index (χ0n) is 8.58. The molecular formula is C11H11ClFN3. The fourth-order valence-corrected chi connectivity index (χ4v) is 0.865. The van der Waals surface area contributed by atoms with Crippen LogP contribution in [0.5, 0.6) is 0 Å². The number of nitriles is 2. The molecule has 0 atom stereocenters. The molecule has 0 heterocycles. The van der Waals surface area contributed by atoms with E-state index >= 15 is 0 Å². The van der Waals surface area contributed by atoms with E-state index in [1.807, 2.05) is 6.07 Å². The van der Waals surface area contributed by atoms with Gasteiger partial charge in [-0.1, -0.05) is 12.1 Å². The second-order valence-electron chi connectivity index (χ2n) is 2.68. The molecule has 0 saturated heterocycles. The monoisotopic (exact) mass is 239 g/mol. The number of nitrogens with one attached hydrogen (secondary N) is 1. The van der Waals surface area contributed by atoms with Gasteiger partial charge in [0, 0.05) is 6.54 Å². The lowest BCUT2D eigenvalue weighted by molar-refractivity contribution is 0.626. The molecule has 0 unspecified atom stereocenters. The maximum absolute atomic E-state index is 12.4. The van der Waals surface area contributed by atoms with Gasteiger partial charge in [-0.2, -0.15) is 10.5 Å². The molecule has 0 aliphatic rings. The summed E-state index contributed by atoms with van der Waals surface area (Å²) in [4.78, 5) is 0. The molecule has 84 valence electrons. The Kier molecular flexibility index (Phi) is 8.91. The molecule has 1 aromatic rings. The van der Waals surface area contributed by atoms with Crippen molar-refractivity contribution in [1.29, 1.82) is 10.5 Å². The third-order valence-corrected chi connectivity index (χ3v) is 1.63. The first-order valence-corrected chi connectivity index (χ1v) is 5.03. The summed E-state index contributed by atoms with van der Waals surface area (Å²) in [6.45, 7) is 0.922. The van der Waals surface area contributed by atoms with Crippen molar-refractivity contribution in [3.8, 4) is 12.1 Å². The maximum Gasteiger partial charge on any atom is 0.123 e. The van der Waals surface area contributed by atoms with E-state index in [0.29, 0.717) is 13.1 Å². The number of alkyl halides is 1. The fourth-order valence-electron chi connectivity index (χ4n) is 0.865. The minimum Gasteiger partial charge on any atom is -0.300 e. The van der Waals surface area contributed by atoms with Gasteiger partial charge in [0.25, 0.3) is 0 Å². The van der Waals surface area contributed by atoms with E-state index in [1.54, 1.807) is 18.2 Å². The molecule has 16 heavy (non-hydrogen) atoms. The summed E-state index contributed by atoms with van der Waals surface area (Å²) in [5.74, 6) is -0.140. The topological polar surface area (TPSA) is 59.6 Å². The lowest BCUT2D eigenvalue weighted by Crippen LogP contribution is -2.12. The Labute approximate surface area is 99.1 Å². The van der Waals surface area contributed by atoms with E-state index in [1.165, 1.54) is 12.1 Å². The number of nitrogens with zero attached hydrogens (tertiary/aromatic N) is 2. The summed E-state index contributed by atoms with van der Waals surface area (Å²) in [6.07, 6.45) is 0. The van der Waals surface area contributed by atoms with Crippen LogP contribution >= 0.6 is 11.6 Å². The molecule has 0 radical (unpaired) electrons. The highest BCUT2D eigenvalue weighted by atomic mass is 35.5. The van der Waals surface area contributed by atoms with Gasteiger partial charge in [-0.25, -0.2) is 4.39 Å². The molecule has 5 heteroatoms. The van der Waals surface area contributed by atoms with Crippen molar-refractivity contribution < 1.29 is 4.39 Å². The Morgan fingerprint density at radius 2 is 1.75 bits per heavy atom. The second-order valence-corrected chi connectivity index (χ2v) is 2.95. The van der Waals surface area contributed by atoms with E-state index in [9.17, 15) is 4.39 Å². The van der Waals surface area contributed by atoms with Crippen LogP contribution in [0, 0.1) is 28.5 Å². The number of hydrogen-bond acceptors (Lipinski definition) is 3. The molecule has 0 bridgehead atoms. The summed E-state index contributed by atoms with van der Waals surface area (Å²) in [5, 5.41) is 18.6. The van der Waals surface area contributed by atoms with E-state index in [4.69, 9.17) is 22.1 Å². The molecule has 0 aromatic heterocycles. The van der Waals surface area contributed by atoms with Crippen LogP contribution in [-0.4, -0.2) is 12.4 Å². The van der Waals surface area contributed by atoms with Crippen LogP contribution in [0.25, 0.3) is 0 Å². The average Bonchev–Trinajstić information content (AvgIpc) is 2.32. The zero-order chi connectivity index (χ0) is 12.2. The van der Waals surface area contributed by atoms with Gasteiger partial charge in [-0.3, -0.25) is 0 Å². The predicted molar refractivity (Wildman–Crippen MR) is 60.1 cm³/mol. The molecule has 1 N–H and O–H groups in total. The van der Waals surface area contributed by atoms with Crippen LogP contribution in [0.2, 0.25) is 0 Å². The highest BCUT2D eigenvalue weighted by molar-refractivity contribution is 6.19. The first kappa shape index (κ1) is 14.4. The largest absolute Gasteiger partial charge is 0.300 e. The van der Waals surface area contributed by atoms with Crippen LogP contribution in [0.4, 0.5) is 4.39 Å². The van der Waals surface area contributed by atoms with Crippen molar-refractivity contribution in [2.24, 2.45) is 0 Å². The molecule has 1 aromatic carbocycles. The van der Waals surface area contributed by atoms with E-state index < -0.39 is 0 Å². The molecule has 0 aliphatic carbocycles. The zero-order valence-corrected chi connectivity index (χ0v) is 9.34.